The second-order valence-electron chi connectivity index (χ2n) is 3.01. The van der Waals surface area contributed by atoms with Crippen molar-refractivity contribution in [3.8, 4) is 11.8 Å². The zero-order valence-corrected chi connectivity index (χ0v) is 9.60. The van der Waals surface area contributed by atoms with Crippen molar-refractivity contribution >= 4 is 38.0 Å². The van der Waals surface area contributed by atoms with E-state index in [-0.39, 0.29) is 0 Å². The number of hydrogen-bond acceptors (Lipinski definition) is 4. The molecule has 0 saturated carbocycles. The summed E-state index contributed by atoms with van der Waals surface area (Å²) in [5.74, 6) is 6.30. The average molecular weight is 213 g/mol. The molecule has 0 saturated heterocycles. The molecule has 0 aliphatic heterocycles. The van der Waals surface area contributed by atoms with Crippen LogP contribution >= 0.6 is 0 Å². The van der Waals surface area contributed by atoms with Crippen molar-refractivity contribution < 1.29 is 0 Å². The maximum Gasteiger partial charge on any atom is 0.241 e. The molecule has 0 unspecified atom stereocenters. The Morgan fingerprint density at radius 2 is 2.07 bits per heavy atom. The molecular weight excluding hydrogens is 205 g/mol. The molecule has 72 valence electrons. The lowest BCUT2D eigenvalue weighted by molar-refractivity contribution is 0.961. The third-order valence-corrected chi connectivity index (χ3v) is 2.53. The second-order valence-corrected chi connectivity index (χ2v) is 3.53. The molecule has 0 fully saturated rings. The van der Waals surface area contributed by atoms with Crippen molar-refractivity contribution in [1.29, 1.82) is 0 Å². The van der Waals surface area contributed by atoms with E-state index in [9.17, 15) is 0 Å². The average Bonchev–Trinajstić information content (AvgIpc) is 2.46. The predicted octanol–water partition coefficient (Wildman–Crippen LogP) is -0.889. The number of nitrogen functional groups attached to an aromatic ring is 1. The van der Waals surface area contributed by atoms with E-state index >= 15 is 0 Å². The predicted molar refractivity (Wildman–Crippen MR) is 58.7 cm³/mol. The standard InChI is InChI=1S/C9H8N5.Al/c1-3-4-6-12-8(10)7-9(13-6)14(2)5-11-7;/h1-2H3,(H2,10,12,13);. The molecule has 0 aliphatic rings. The van der Waals surface area contributed by atoms with Crippen LogP contribution in [-0.2, 0) is 7.05 Å². The monoisotopic (exact) mass is 213 g/mol. The van der Waals surface area contributed by atoms with Gasteiger partial charge in [-0.25, -0.2) is 9.97 Å². The fourth-order valence-corrected chi connectivity index (χ4v) is 1.52. The van der Waals surface area contributed by atoms with E-state index in [2.05, 4.69) is 43.1 Å². The van der Waals surface area contributed by atoms with Crippen LogP contribution in [0.1, 0.15) is 12.7 Å². The maximum atomic E-state index is 5.77. The molecule has 0 aliphatic carbocycles. The molecule has 0 atom stereocenters. The van der Waals surface area contributed by atoms with Gasteiger partial charge in [0.2, 0.25) is 22.1 Å². The van der Waals surface area contributed by atoms with Crippen molar-refractivity contribution in [1.82, 2.24) is 19.5 Å². The van der Waals surface area contributed by atoms with E-state index in [4.69, 9.17) is 5.73 Å². The Hall–Kier alpha value is -1.56. The smallest absolute Gasteiger partial charge is 0.241 e. The number of nitrogens with zero attached hydrogens (tertiary/aromatic N) is 4. The van der Waals surface area contributed by atoms with E-state index < -0.39 is 0 Å². The molecule has 2 aromatic rings. The van der Waals surface area contributed by atoms with Crippen molar-refractivity contribution in [3.63, 3.8) is 0 Å². The van der Waals surface area contributed by atoms with Gasteiger partial charge in [0.25, 0.3) is 0 Å². The van der Waals surface area contributed by atoms with E-state index in [1.165, 1.54) is 0 Å². The molecule has 5 nitrogen and oxygen atoms in total. The number of aryl methyl sites for hydroxylation is 1. The van der Waals surface area contributed by atoms with Gasteiger partial charge >= 0.3 is 0 Å². The molecule has 6 heteroatoms. The number of hydrogen-bond donors (Lipinski definition) is 1. The third-order valence-electron chi connectivity index (χ3n) is 2.02. The minimum atomic E-state index is 0.363. The Balaban J connectivity index is 2.83. The molecule has 15 heavy (non-hydrogen) atoms. The highest BCUT2D eigenvalue weighted by molar-refractivity contribution is 6.30. The number of imidazole rings is 1. The van der Waals surface area contributed by atoms with E-state index in [1.807, 2.05) is 11.6 Å². The van der Waals surface area contributed by atoms with Crippen LogP contribution in [0.3, 0.4) is 0 Å². The van der Waals surface area contributed by atoms with Gasteiger partial charge < -0.3 is 10.3 Å². The van der Waals surface area contributed by atoms with Crippen molar-refractivity contribution in [3.05, 3.63) is 5.82 Å². The number of rotatable bonds is 0. The first kappa shape index (κ1) is 9.98. The fourth-order valence-electron chi connectivity index (χ4n) is 1.27. The van der Waals surface area contributed by atoms with Gasteiger partial charge in [0.15, 0.2) is 11.5 Å². The number of fused-ring (bicyclic) bond motifs is 1. The Morgan fingerprint density at radius 3 is 2.73 bits per heavy atom. The summed E-state index contributed by atoms with van der Waals surface area (Å²) in [5, 5.41) is 0. The normalized spacial score (nSPS) is 10.0. The van der Waals surface area contributed by atoms with Crippen LogP contribution in [0.25, 0.3) is 11.2 Å². The molecule has 2 radical (unpaired) electrons. The quantitative estimate of drug-likeness (QED) is 0.455. The number of anilines is 1. The van der Waals surface area contributed by atoms with Crippen LogP contribution in [0.2, 0.25) is 0 Å². The molecule has 0 spiro atoms. The van der Waals surface area contributed by atoms with Gasteiger partial charge in [0, 0.05) is 7.05 Å². The second kappa shape index (κ2) is 3.54. The van der Waals surface area contributed by atoms with Crippen molar-refractivity contribution in [2.75, 3.05) is 5.73 Å². The number of nitrogens with two attached hydrogens (primary N) is 1. The van der Waals surface area contributed by atoms with Gasteiger partial charge in [-0.3, -0.25) is 4.98 Å². The first-order chi connectivity index (χ1) is 7.13. The zero-order chi connectivity index (χ0) is 11.0. The first-order valence-electron chi connectivity index (χ1n) is 4.31. The minimum absolute atomic E-state index is 0.363. The Labute approximate surface area is 95.2 Å². The van der Waals surface area contributed by atoms with E-state index in [0.717, 1.165) is 4.69 Å². The van der Waals surface area contributed by atoms with E-state index in [1.54, 1.807) is 6.92 Å². The Kier molecular flexibility index (Phi) is 2.36. The Morgan fingerprint density at radius 1 is 1.33 bits per heavy atom. The molecule has 2 N–H and O–H groups in total. The van der Waals surface area contributed by atoms with Crippen LogP contribution in [0.15, 0.2) is 0 Å². The van der Waals surface area contributed by atoms with Gasteiger partial charge in [-0.2, -0.15) is 0 Å². The third kappa shape index (κ3) is 1.57. The van der Waals surface area contributed by atoms with Crippen molar-refractivity contribution in [2.45, 2.75) is 6.92 Å². The summed E-state index contributed by atoms with van der Waals surface area (Å²) in [6.45, 7) is 1.73. The van der Waals surface area contributed by atoms with Gasteiger partial charge in [0.05, 0.1) is 0 Å². The topological polar surface area (TPSA) is 69.6 Å². The lowest BCUT2D eigenvalue weighted by atomic mass is 10.4. The Bertz CT molecular complexity index is 590. The van der Waals surface area contributed by atoms with Gasteiger partial charge in [-0.05, 0) is 17.5 Å². The largest absolute Gasteiger partial charge is 0.382 e. The highest BCUT2D eigenvalue weighted by Gasteiger charge is 2.10. The molecule has 0 amide bonds. The summed E-state index contributed by atoms with van der Waals surface area (Å²) in [5.41, 5.74) is 7.08. The van der Waals surface area contributed by atoms with Gasteiger partial charge in [-0.1, -0.05) is 5.92 Å². The van der Waals surface area contributed by atoms with Crippen LogP contribution in [0.4, 0.5) is 5.82 Å². The van der Waals surface area contributed by atoms with Gasteiger partial charge in [0.1, 0.15) is 5.52 Å². The van der Waals surface area contributed by atoms with Crippen LogP contribution in [0.5, 0.6) is 0 Å². The summed E-state index contributed by atoms with van der Waals surface area (Å²) in [6.07, 6.45) is 0. The summed E-state index contributed by atoms with van der Waals surface area (Å²) in [4.78, 5) is 12.6. The highest BCUT2D eigenvalue weighted by Crippen LogP contribution is 2.13. The summed E-state index contributed by atoms with van der Waals surface area (Å²) in [7, 11) is 1.87. The van der Waals surface area contributed by atoms with Crippen LogP contribution in [-0.4, -0.2) is 35.8 Å². The molecule has 0 bridgehead atoms. The lowest BCUT2D eigenvalue weighted by Crippen LogP contribution is -2.15. The zero-order valence-electron chi connectivity index (χ0n) is 8.44. The fraction of sp³-hybridized carbons (Fsp3) is 0.222. The van der Waals surface area contributed by atoms with E-state index in [0.29, 0.717) is 22.8 Å². The first-order valence-corrected chi connectivity index (χ1v) is 4.89. The summed E-state index contributed by atoms with van der Waals surface area (Å²) >= 11 is 2.52. The molecule has 2 aromatic heterocycles. The molecule has 2 rings (SSSR count). The van der Waals surface area contributed by atoms with Gasteiger partial charge in [-0.15, -0.1) is 0 Å². The highest BCUT2D eigenvalue weighted by atomic mass is 27.0. The molecule has 2 heterocycles. The SMILES string of the molecule is CC#Cc1nc(N)c2n[c]([Al])n(C)c2n1. The van der Waals surface area contributed by atoms with Crippen LogP contribution < -0.4 is 10.4 Å². The molecular formula is C9H8AlN5. The maximum absolute atomic E-state index is 5.77. The summed E-state index contributed by atoms with van der Waals surface area (Å²) < 4.78 is 2.60. The molecule has 0 aromatic carbocycles. The minimum Gasteiger partial charge on any atom is -0.382 e. The lowest BCUT2D eigenvalue weighted by Gasteiger charge is -1.98. The van der Waals surface area contributed by atoms with Crippen molar-refractivity contribution in [2.24, 2.45) is 7.05 Å². The number of aromatic nitrogens is 4. The van der Waals surface area contributed by atoms with Crippen LogP contribution in [0, 0.1) is 11.8 Å². The summed E-state index contributed by atoms with van der Waals surface area (Å²) in [6, 6.07) is 0.